The number of sulfonamides is 1. The molecule has 15 heavy (non-hydrogen) atoms. The molecular formula is C10H22N2O2S. The summed E-state index contributed by atoms with van der Waals surface area (Å²) in [4.78, 5) is 0. The van der Waals surface area contributed by atoms with Crippen LogP contribution in [0.15, 0.2) is 0 Å². The predicted octanol–water partition coefficient (Wildman–Crippen LogP) is 0.704. The molecule has 0 heterocycles. The van der Waals surface area contributed by atoms with Gasteiger partial charge in [-0.15, -0.1) is 0 Å². The minimum atomic E-state index is -3.04. The fourth-order valence-electron chi connectivity index (χ4n) is 1.96. The first-order valence-electron chi connectivity index (χ1n) is 5.68. The summed E-state index contributed by atoms with van der Waals surface area (Å²) in [5, 5.41) is 3.31. The summed E-state index contributed by atoms with van der Waals surface area (Å²) in [7, 11) is -1.59. The Labute approximate surface area is 92.9 Å². The zero-order chi connectivity index (χ0) is 11.3. The van der Waals surface area contributed by atoms with E-state index in [0.29, 0.717) is 12.6 Å². The van der Waals surface area contributed by atoms with Gasteiger partial charge in [0.2, 0.25) is 10.0 Å². The largest absolute Gasteiger partial charge is 0.313 e. The van der Waals surface area contributed by atoms with Crippen LogP contribution in [0.25, 0.3) is 0 Å². The maximum Gasteiger partial charge on any atom is 0.212 e. The van der Waals surface area contributed by atoms with Gasteiger partial charge in [0.1, 0.15) is 0 Å². The molecule has 1 saturated carbocycles. The molecule has 4 nitrogen and oxygen atoms in total. The van der Waals surface area contributed by atoms with E-state index in [1.807, 2.05) is 0 Å². The molecule has 0 aromatic rings. The highest BCUT2D eigenvalue weighted by Gasteiger charge is 2.17. The van der Waals surface area contributed by atoms with Crippen molar-refractivity contribution < 1.29 is 8.42 Å². The first kappa shape index (κ1) is 12.9. The molecule has 0 spiro atoms. The van der Waals surface area contributed by atoms with Crippen LogP contribution in [0.2, 0.25) is 0 Å². The van der Waals surface area contributed by atoms with Crippen molar-refractivity contribution in [2.24, 2.45) is 5.92 Å². The zero-order valence-electron chi connectivity index (χ0n) is 9.62. The Bertz CT molecular complexity index is 269. The van der Waals surface area contributed by atoms with Gasteiger partial charge in [-0.3, -0.25) is 0 Å². The SMILES string of the molecule is CNS(=O)(=O)CCNC1CCC(C)CC1. The smallest absolute Gasteiger partial charge is 0.212 e. The van der Waals surface area contributed by atoms with E-state index in [0.717, 1.165) is 5.92 Å². The third-order valence-electron chi connectivity index (χ3n) is 3.13. The number of rotatable bonds is 5. The highest BCUT2D eigenvalue weighted by Crippen LogP contribution is 2.23. The molecule has 2 N–H and O–H groups in total. The van der Waals surface area contributed by atoms with E-state index >= 15 is 0 Å². The Morgan fingerprint density at radius 1 is 1.20 bits per heavy atom. The second kappa shape index (κ2) is 5.82. The normalized spacial score (nSPS) is 27.9. The summed E-state index contributed by atoms with van der Waals surface area (Å²) in [6.07, 6.45) is 4.88. The van der Waals surface area contributed by atoms with Crippen LogP contribution in [0.5, 0.6) is 0 Å². The molecule has 0 aromatic heterocycles. The lowest BCUT2D eigenvalue weighted by Crippen LogP contribution is -2.37. The average Bonchev–Trinajstić information content (AvgIpc) is 2.21. The molecule has 0 radical (unpaired) electrons. The van der Waals surface area contributed by atoms with Gasteiger partial charge < -0.3 is 5.32 Å². The van der Waals surface area contributed by atoms with E-state index in [2.05, 4.69) is 17.0 Å². The Kier molecular flexibility index (Phi) is 5.02. The maximum absolute atomic E-state index is 11.1. The van der Waals surface area contributed by atoms with Crippen LogP contribution in [0.4, 0.5) is 0 Å². The summed E-state index contributed by atoms with van der Waals surface area (Å²) < 4.78 is 24.6. The lowest BCUT2D eigenvalue weighted by Gasteiger charge is -2.26. The fraction of sp³-hybridized carbons (Fsp3) is 1.00. The molecule has 0 saturated heterocycles. The fourth-order valence-corrected chi connectivity index (χ4v) is 2.55. The molecule has 1 fully saturated rings. The van der Waals surface area contributed by atoms with E-state index in [1.54, 1.807) is 0 Å². The van der Waals surface area contributed by atoms with E-state index in [9.17, 15) is 8.42 Å². The molecule has 0 aliphatic heterocycles. The summed E-state index contributed by atoms with van der Waals surface area (Å²) in [5.41, 5.74) is 0. The molecule has 1 aliphatic carbocycles. The topological polar surface area (TPSA) is 58.2 Å². The summed E-state index contributed by atoms with van der Waals surface area (Å²) in [6.45, 7) is 2.84. The van der Waals surface area contributed by atoms with E-state index in [-0.39, 0.29) is 5.75 Å². The van der Waals surface area contributed by atoms with Crippen molar-refractivity contribution in [3.8, 4) is 0 Å². The lowest BCUT2D eigenvalue weighted by molar-refractivity contribution is 0.311. The van der Waals surface area contributed by atoms with Crippen molar-refractivity contribution in [1.82, 2.24) is 10.0 Å². The number of hydrogen-bond donors (Lipinski definition) is 2. The van der Waals surface area contributed by atoms with Crippen LogP contribution in [0.3, 0.4) is 0 Å². The van der Waals surface area contributed by atoms with Gasteiger partial charge in [0.25, 0.3) is 0 Å². The van der Waals surface area contributed by atoms with Crippen LogP contribution in [0.1, 0.15) is 32.6 Å². The Morgan fingerprint density at radius 2 is 1.80 bits per heavy atom. The minimum Gasteiger partial charge on any atom is -0.313 e. The van der Waals surface area contributed by atoms with Gasteiger partial charge in [0.05, 0.1) is 5.75 Å². The highest BCUT2D eigenvalue weighted by atomic mass is 32.2. The molecule has 1 rings (SSSR count). The van der Waals surface area contributed by atoms with Crippen LogP contribution in [-0.4, -0.2) is 33.8 Å². The lowest BCUT2D eigenvalue weighted by atomic mass is 9.87. The van der Waals surface area contributed by atoms with Gasteiger partial charge in [0.15, 0.2) is 0 Å². The van der Waals surface area contributed by atoms with Gasteiger partial charge >= 0.3 is 0 Å². The van der Waals surface area contributed by atoms with Crippen molar-refractivity contribution in [2.75, 3.05) is 19.3 Å². The molecule has 0 aromatic carbocycles. The number of hydrogen-bond acceptors (Lipinski definition) is 3. The summed E-state index contributed by atoms with van der Waals surface area (Å²) in [5.74, 6) is 1.01. The minimum absolute atomic E-state index is 0.176. The van der Waals surface area contributed by atoms with Gasteiger partial charge in [-0.2, -0.15) is 0 Å². The number of nitrogens with one attached hydrogen (secondary N) is 2. The molecule has 90 valence electrons. The predicted molar refractivity (Wildman–Crippen MR) is 62.3 cm³/mol. The zero-order valence-corrected chi connectivity index (χ0v) is 10.4. The van der Waals surface area contributed by atoms with E-state index < -0.39 is 10.0 Å². The molecular weight excluding hydrogens is 212 g/mol. The molecule has 0 bridgehead atoms. The molecule has 0 amide bonds. The molecule has 0 unspecified atom stereocenters. The molecule has 1 aliphatic rings. The summed E-state index contributed by atoms with van der Waals surface area (Å²) in [6, 6.07) is 0.522. The van der Waals surface area contributed by atoms with Crippen molar-refractivity contribution >= 4 is 10.0 Å². The van der Waals surface area contributed by atoms with E-state index in [4.69, 9.17) is 0 Å². The van der Waals surface area contributed by atoms with Crippen LogP contribution in [-0.2, 0) is 10.0 Å². The third kappa shape index (κ3) is 4.95. The van der Waals surface area contributed by atoms with Gasteiger partial charge in [-0.05, 0) is 38.6 Å². The Morgan fingerprint density at radius 3 is 2.33 bits per heavy atom. The van der Waals surface area contributed by atoms with Crippen LogP contribution >= 0.6 is 0 Å². The monoisotopic (exact) mass is 234 g/mol. The second-order valence-electron chi connectivity index (χ2n) is 4.43. The van der Waals surface area contributed by atoms with Crippen molar-refractivity contribution in [2.45, 2.75) is 38.6 Å². The Hall–Kier alpha value is -0.130. The van der Waals surface area contributed by atoms with Gasteiger partial charge in [0, 0.05) is 12.6 Å². The van der Waals surface area contributed by atoms with Crippen molar-refractivity contribution in [1.29, 1.82) is 0 Å². The van der Waals surface area contributed by atoms with Crippen LogP contribution in [0, 0.1) is 5.92 Å². The Balaban J connectivity index is 2.16. The quantitative estimate of drug-likeness (QED) is 0.736. The standard InChI is InChI=1S/C10H22N2O2S/c1-9-3-5-10(6-4-9)12-7-8-15(13,14)11-2/h9-12H,3-8H2,1-2H3. The summed E-state index contributed by atoms with van der Waals surface area (Å²) >= 11 is 0. The highest BCUT2D eigenvalue weighted by molar-refractivity contribution is 7.89. The van der Waals surface area contributed by atoms with Crippen LogP contribution < -0.4 is 10.0 Å². The van der Waals surface area contributed by atoms with Gasteiger partial charge in [-0.25, -0.2) is 13.1 Å². The average molecular weight is 234 g/mol. The van der Waals surface area contributed by atoms with Crippen molar-refractivity contribution in [3.05, 3.63) is 0 Å². The second-order valence-corrected chi connectivity index (χ2v) is 6.48. The molecule has 0 atom stereocenters. The first-order valence-corrected chi connectivity index (χ1v) is 7.33. The van der Waals surface area contributed by atoms with E-state index in [1.165, 1.54) is 32.7 Å². The maximum atomic E-state index is 11.1. The first-order chi connectivity index (χ1) is 7.03. The van der Waals surface area contributed by atoms with Gasteiger partial charge in [-0.1, -0.05) is 6.92 Å². The third-order valence-corrected chi connectivity index (χ3v) is 4.49. The van der Waals surface area contributed by atoms with Crippen molar-refractivity contribution in [3.63, 3.8) is 0 Å². The molecule has 5 heteroatoms.